The van der Waals surface area contributed by atoms with Crippen molar-refractivity contribution < 1.29 is 9.47 Å². The van der Waals surface area contributed by atoms with Gasteiger partial charge in [-0.25, -0.2) is 0 Å². The van der Waals surface area contributed by atoms with Crippen LogP contribution in [0.25, 0.3) is 0 Å². The average molecular weight is 249 g/mol. The third kappa shape index (κ3) is 2.78. The molecule has 3 heteroatoms. The summed E-state index contributed by atoms with van der Waals surface area (Å²) in [5.41, 5.74) is 1.28. The monoisotopic (exact) mass is 249 g/mol. The average Bonchev–Trinajstić information content (AvgIpc) is 2.37. The van der Waals surface area contributed by atoms with Gasteiger partial charge in [-0.05, 0) is 37.1 Å². The van der Waals surface area contributed by atoms with Gasteiger partial charge in [0.25, 0.3) is 0 Å². The van der Waals surface area contributed by atoms with Gasteiger partial charge >= 0.3 is 0 Å². The van der Waals surface area contributed by atoms with Gasteiger partial charge in [-0.3, -0.25) is 0 Å². The van der Waals surface area contributed by atoms with Crippen molar-refractivity contribution in [3.8, 4) is 11.5 Å². The summed E-state index contributed by atoms with van der Waals surface area (Å²) in [5.74, 6) is 2.49. The van der Waals surface area contributed by atoms with Crippen LogP contribution in [0.5, 0.6) is 11.5 Å². The van der Waals surface area contributed by atoms with Gasteiger partial charge in [0.1, 0.15) is 0 Å². The van der Waals surface area contributed by atoms with Gasteiger partial charge < -0.3 is 14.8 Å². The van der Waals surface area contributed by atoms with Crippen LogP contribution in [0.2, 0.25) is 0 Å². The Kier molecular flexibility index (Phi) is 4.48. The van der Waals surface area contributed by atoms with Crippen molar-refractivity contribution in [2.75, 3.05) is 21.3 Å². The van der Waals surface area contributed by atoms with Crippen LogP contribution >= 0.6 is 0 Å². The zero-order valence-corrected chi connectivity index (χ0v) is 11.5. The summed E-state index contributed by atoms with van der Waals surface area (Å²) in [6.45, 7) is 0. The Hall–Kier alpha value is -1.22. The van der Waals surface area contributed by atoms with Crippen molar-refractivity contribution in [3.05, 3.63) is 23.8 Å². The van der Waals surface area contributed by atoms with Crippen LogP contribution in [-0.2, 0) is 0 Å². The summed E-state index contributed by atoms with van der Waals surface area (Å²) in [6.07, 6.45) is 5.37. The lowest BCUT2D eigenvalue weighted by molar-refractivity contribution is 0.265. The molecule has 1 aromatic rings. The van der Waals surface area contributed by atoms with E-state index in [1.165, 1.54) is 31.2 Å². The van der Waals surface area contributed by atoms with E-state index in [2.05, 4.69) is 17.4 Å². The molecule has 100 valence electrons. The summed E-state index contributed by atoms with van der Waals surface area (Å²) >= 11 is 0. The van der Waals surface area contributed by atoms with E-state index in [0.29, 0.717) is 6.04 Å². The number of nitrogens with one attached hydrogen (secondary N) is 1. The topological polar surface area (TPSA) is 30.5 Å². The van der Waals surface area contributed by atoms with Crippen LogP contribution in [0.1, 0.15) is 37.3 Å². The minimum Gasteiger partial charge on any atom is -0.493 e. The molecule has 0 heterocycles. The summed E-state index contributed by atoms with van der Waals surface area (Å²) < 4.78 is 10.6. The molecule has 1 atom stereocenters. The van der Waals surface area contributed by atoms with Crippen LogP contribution in [0.3, 0.4) is 0 Å². The highest BCUT2D eigenvalue weighted by molar-refractivity contribution is 5.43. The molecule has 0 bridgehead atoms. The molecule has 0 aliphatic heterocycles. The second kappa shape index (κ2) is 6.10. The molecule has 2 rings (SSSR count). The molecule has 0 saturated heterocycles. The molecule has 1 aromatic carbocycles. The molecule has 0 spiro atoms. The Balaban J connectivity index is 2.13. The number of hydrogen-bond acceptors (Lipinski definition) is 3. The molecule has 0 aromatic heterocycles. The van der Waals surface area contributed by atoms with Gasteiger partial charge in [0, 0.05) is 6.04 Å². The molecule has 1 aliphatic rings. The highest BCUT2D eigenvalue weighted by atomic mass is 16.5. The lowest BCUT2D eigenvalue weighted by atomic mass is 9.79. The first-order chi connectivity index (χ1) is 8.78. The Morgan fingerprint density at radius 1 is 1.22 bits per heavy atom. The van der Waals surface area contributed by atoms with E-state index >= 15 is 0 Å². The van der Waals surface area contributed by atoms with E-state index in [-0.39, 0.29) is 0 Å². The predicted octanol–water partition coefficient (Wildman–Crippen LogP) is 3.15. The Morgan fingerprint density at radius 2 is 1.94 bits per heavy atom. The zero-order valence-electron chi connectivity index (χ0n) is 11.5. The lowest BCUT2D eigenvalue weighted by Crippen LogP contribution is -2.23. The van der Waals surface area contributed by atoms with Crippen LogP contribution in [-0.4, -0.2) is 21.3 Å². The van der Waals surface area contributed by atoms with Gasteiger partial charge in [0.05, 0.1) is 14.2 Å². The largest absolute Gasteiger partial charge is 0.493 e. The molecule has 1 fully saturated rings. The van der Waals surface area contributed by atoms with E-state index in [4.69, 9.17) is 9.47 Å². The maximum absolute atomic E-state index is 5.36. The van der Waals surface area contributed by atoms with Gasteiger partial charge in [-0.15, -0.1) is 0 Å². The van der Waals surface area contributed by atoms with Crippen molar-refractivity contribution in [2.24, 2.45) is 5.92 Å². The number of methoxy groups -OCH3 is 2. The van der Waals surface area contributed by atoms with E-state index < -0.39 is 0 Å². The molecule has 0 radical (unpaired) electrons. The van der Waals surface area contributed by atoms with Crippen LogP contribution < -0.4 is 14.8 Å². The zero-order chi connectivity index (χ0) is 13.0. The fraction of sp³-hybridized carbons (Fsp3) is 0.600. The number of benzene rings is 1. The molecule has 3 nitrogen and oxygen atoms in total. The first-order valence-corrected chi connectivity index (χ1v) is 6.67. The Bertz CT molecular complexity index is 388. The normalized spacial score (nSPS) is 17.1. The first-order valence-electron chi connectivity index (χ1n) is 6.67. The molecular weight excluding hydrogens is 226 g/mol. The highest BCUT2D eigenvalue weighted by Crippen LogP contribution is 2.36. The van der Waals surface area contributed by atoms with Crippen LogP contribution in [0.15, 0.2) is 18.2 Å². The van der Waals surface area contributed by atoms with Gasteiger partial charge in [-0.1, -0.05) is 25.3 Å². The fourth-order valence-corrected chi connectivity index (χ4v) is 2.55. The van der Waals surface area contributed by atoms with Crippen molar-refractivity contribution in [1.29, 1.82) is 0 Å². The molecule has 1 N–H and O–H groups in total. The van der Waals surface area contributed by atoms with Crippen molar-refractivity contribution in [1.82, 2.24) is 5.32 Å². The summed E-state index contributed by atoms with van der Waals surface area (Å²) in [4.78, 5) is 0. The van der Waals surface area contributed by atoms with Crippen molar-refractivity contribution >= 4 is 0 Å². The van der Waals surface area contributed by atoms with Crippen LogP contribution in [0, 0.1) is 5.92 Å². The molecule has 18 heavy (non-hydrogen) atoms. The quantitative estimate of drug-likeness (QED) is 0.840. The SMILES string of the molecule is CNC(CC1CCC1)c1ccc(OC)c(OC)c1. The molecular formula is C15H23NO2. The van der Waals surface area contributed by atoms with Crippen molar-refractivity contribution in [2.45, 2.75) is 31.7 Å². The highest BCUT2D eigenvalue weighted by Gasteiger charge is 2.22. The number of rotatable bonds is 6. The first kappa shape index (κ1) is 13.2. The summed E-state index contributed by atoms with van der Waals surface area (Å²) in [5, 5.41) is 3.41. The minimum atomic E-state index is 0.412. The molecule has 1 unspecified atom stereocenters. The number of ether oxygens (including phenoxy) is 2. The fourth-order valence-electron chi connectivity index (χ4n) is 2.55. The van der Waals surface area contributed by atoms with Crippen molar-refractivity contribution in [3.63, 3.8) is 0 Å². The smallest absolute Gasteiger partial charge is 0.161 e. The van der Waals surface area contributed by atoms with Crippen LogP contribution in [0.4, 0.5) is 0 Å². The Labute approximate surface area is 109 Å². The van der Waals surface area contributed by atoms with Gasteiger partial charge in [0.2, 0.25) is 0 Å². The second-order valence-electron chi connectivity index (χ2n) is 4.99. The minimum absolute atomic E-state index is 0.412. The second-order valence-corrected chi connectivity index (χ2v) is 4.99. The maximum Gasteiger partial charge on any atom is 0.161 e. The summed E-state index contributed by atoms with van der Waals surface area (Å²) in [7, 11) is 5.38. The van der Waals surface area contributed by atoms with E-state index in [0.717, 1.165) is 17.4 Å². The lowest BCUT2D eigenvalue weighted by Gasteiger charge is -2.30. The third-order valence-corrected chi connectivity index (χ3v) is 3.95. The standard InChI is InChI=1S/C15H23NO2/c1-16-13(9-11-5-4-6-11)12-7-8-14(17-2)15(10-12)18-3/h7-8,10-11,13,16H,4-6,9H2,1-3H3. The maximum atomic E-state index is 5.36. The van der Waals surface area contributed by atoms with E-state index in [9.17, 15) is 0 Å². The number of hydrogen-bond donors (Lipinski definition) is 1. The van der Waals surface area contributed by atoms with E-state index in [1.807, 2.05) is 13.1 Å². The van der Waals surface area contributed by atoms with Gasteiger partial charge in [0.15, 0.2) is 11.5 Å². The molecule has 0 amide bonds. The van der Waals surface area contributed by atoms with E-state index in [1.54, 1.807) is 14.2 Å². The van der Waals surface area contributed by atoms with Gasteiger partial charge in [-0.2, -0.15) is 0 Å². The molecule has 1 saturated carbocycles. The Morgan fingerprint density at radius 3 is 2.44 bits per heavy atom. The summed E-state index contributed by atoms with van der Waals surface area (Å²) in [6, 6.07) is 6.61. The predicted molar refractivity (Wildman–Crippen MR) is 73.3 cm³/mol. The third-order valence-electron chi connectivity index (χ3n) is 3.95. The molecule has 1 aliphatic carbocycles.